The first-order chi connectivity index (χ1) is 12.0. The fourth-order valence-corrected chi connectivity index (χ4v) is 2.48. The molecule has 0 unspecified atom stereocenters. The van der Waals surface area contributed by atoms with Gasteiger partial charge >= 0.3 is 0 Å². The van der Waals surface area contributed by atoms with E-state index in [0.717, 1.165) is 0 Å². The maximum atomic E-state index is 13.3. The molecule has 1 heterocycles. The van der Waals surface area contributed by atoms with Crippen LogP contribution in [-0.2, 0) is 0 Å². The number of carbonyl (C=O) groups excluding carboxylic acids is 1. The molecule has 0 spiro atoms. The predicted molar refractivity (Wildman–Crippen MR) is 90.0 cm³/mol. The summed E-state index contributed by atoms with van der Waals surface area (Å²) in [5, 5.41) is 12.4. The number of hydroxylamine groups is 1. The molecule has 0 atom stereocenters. The van der Waals surface area contributed by atoms with Gasteiger partial charge in [0.2, 0.25) is 0 Å². The van der Waals surface area contributed by atoms with Crippen LogP contribution in [-0.4, -0.2) is 28.2 Å². The number of amides is 1. The highest BCUT2D eigenvalue weighted by Crippen LogP contribution is 2.30. The van der Waals surface area contributed by atoms with E-state index in [2.05, 4.69) is 15.3 Å². The van der Waals surface area contributed by atoms with Gasteiger partial charge in [0.1, 0.15) is 23.7 Å². The fourth-order valence-electron chi connectivity index (χ4n) is 2.30. The van der Waals surface area contributed by atoms with Gasteiger partial charge in [-0.2, -0.15) is 0 Å². The lowest BCUT2D eigenvalue weighted by Crippen LogP contribution is -2.19. The molecule has 0 saturated carbocycles. The second kappa shape index (κ2) is 6.88. The Morgan fingerprint density at radius 1 is 1.28 bits per heavy atom. The molecule has 0 saturated heterocycles. The molecule has 3 aromatic rings. The number of hydrogen-bond donors (Lipinski definition) is 3. The Bertz CT molecular complexity index is 968. The Morgan fingerprint density at radius 3 is 2.76 bits per heavy atom. The molecule has 128 valence electrons. The zero-order valence-corrected chi connectivity index (χ0v) is 13.6. The second-order valence-electron chi connectivity index (χ2n) is 4.99. The molecule has 25 heavy (non-hydrogen) atoms. The lowest BCUT2D eigenvalue weighted by Gasteiger charge is -2.12. The van der Waals surface area contributed by atoms with Crippen LogP contribution in [0.1, 0.15) is 10.4 Å². The number of ether oxygens (including phenoxy) is 1. The van der Waals surface area contributed by atoms with E-state index in [-0.39, 0.29) is 16.3 Å². The zero-order valence-electron chi connectivity index (χ0n) is 12.9. The lowest BCUT2D eigenvalue weighted by molar-refractivity contribution is 0.0703. The highest BCUT2D eigenvalue weighted by molar-refractivity contribution is 6.31. The summed E-state index contributed by atoms with van der Waals surface area (Å²) in [4.78, 5) is 20.1. The van der Waals surface area contributed by atoms with Crippen molar-refractivity contribution in [1.82, 2.24) is 15.4 Å². The lowest BCUT2D eigenvalue weighted by atomic mass is 10.1. The van der Waals surface area contributed by atoms with Crippen molar-refractivity contribution < 1.29 is 19.1 Å². The Balaban J connectivity index is 2.11. The van der Waals surface area contributed by atoms with Gasteiger partial charge in [-0.25, -0.2) is 19.8 Å². The summed E-state index contributed by atoms with van der Waals surface area (Å²) < 4.78 is 18.4. The van der Waals surface area contributed by atoms with Gasteiger partial charge in [-0.15, -0.1) is 0 Å². The number of nitrogens with zero attached hydrogens (tertiary/aromatic N) is 2. The SMILES string of the molecule is COc1cc2ncnc(Nc3ccc(F)c(Cl)c3)c2cc1C(=O)NO. The van der Waals surface area contributed by atoms with E-state index in [0.29, 0.717) is 22.4 Å². The molecule has 0 bridgehead atoms. The molecule has 0 aliphatic carbocycles. The third-order valence-corrected chi connectivity index (χ3v) is 3.77. The number of benzene rings is 2. The van der Waals surface area contributed by atoms with Gasteiger partial charge in [0.25, 0.3) is 5.91 Å². The zero-order chi connectivity index (χ0) is 18.0. The van der Waals surface area contributed by atoms with Crippen LogP contribution in [0.3, 0.4) is 0 Å². The smallest absolute Gasteiger partial charge is 0.278 e. The molecule has 3 N–H and O–H groups in total. The molecule has 0 aliphatic rings. The minimum absolute atomic E-state index is 0.0367. The summed E-state index contributed by atoms with van der Waals surface area (Å²) in [5.74, 6) is -0.652. The number of rotatable bonds is 4. The fraction of sp³-hybridized carbons (Fsp3) is 0.0625. The monoisotopic (exact) mass is 362 g/mol. The van der Waals surface area contributed by atoms with Gasteiger partial charge in [-0.1, -0.05) is 11.6 Å². The van der Waals surface area contributed by atoms with Gasteiger partial charge < -0.3 is 10.1 Å². The Morgan fingerprint density at radius 2 is 2.08 bits per heavy atom. The third kappa shape index (κ3) is 3.30. The van der Waals surface area contributed by atoms with Crippen LogP contribution in [0.25, 0.3) is 10.9 Å². The summed E-state index contributed by atoms with van der Waals surface area (Å²) in [5.41, 5.74) is 2.69. The Hall–Kier alpha value is -2.97. The maximum absolute atomic E-state index is 13.3. The van der Waals surface area contributed by atoms with E-state index in [4.69, 9.17) is 21.5 Å². The normalized spacial score (nSPS) is 10.6. The summed E-state index contributed by atoms with van der Waals surface area (Å²) in [7, 11) is 1.40. The average molecular weight is 363 g/mol. The van der Waals surface area contributed by atoms with Gasteiger partial charge in [0.15, 0.2) is 0 Å². The molecule has 0 aliphatic heterocycles. The number of carbonyl (C=O) groups is 1. The summed E-state index contributed by atoms with van der Waals surface area (Å²) in [6, 6.07) is 7.16. The number of hydrogen-bond acceptors (Lipinski definition) is 6. The van der Waals surface area contributed by atoms with Crippen molar-refractivity contribution in [3.8, 4) is 5.75 Å². The summed E-state index contributed by atoms with van der Waals surface area (Å²) in [6.07, 6.45) is 1.33. The second-order valence-corrected chi connectivity index (χ2v) is 5.39. The van der Waals surface area contributed by atoms with Crippen LogP contribution in [0.4, 0.5) is 15.9 Å². The van der Waals surface area contributed by atoms with E-state index in [9.17, 15) is 9.18 Å². The van der Waals surface area contributed by atoms with Crippen molar-refractivity contribution in [3.05, 3.63) is 53.1 Å². The van der Waals surface area contributed by atoms with E-state index in [1.165, 1.54) is 37.7 Å². The Labute approximate surface area is 146 Å². The van der Waals surface area contributed by atoms with Crippen LogP contribution in [0.5, 0.6) is 5.75 Å². The van der Waals surface area contributed by atoms with Gasteiger partial charge in [-0.05, 0) is 24.3 Å². The third-order valence-electron chi connectivity index (χ3n) is 3.49. The molecule has 3 rings (SSSR count). The van der Waals surface area contributed by atoms with Crippen LogP contribution in [0.15, 0.2) is 36.7 Å². The molecule has 0 radical (unpaired) electrons. The van der Waals surface area contributed by atoms with Crippen molar-refractivity contribution in [3.63, 3.8) is 0 Å². The minimum atomic E-state index is -0.738. The molecular formula is C16H12ClFN4O3. The number of fused-ring (bicyclic) bond motifs is 1. The number of anilines is 2. The van der Waals surface area contributed by atoms with Crippen molar-refractivity contribution in [2.75, 3.05) is 12.4 Å². The van der Waals surface area contributed by atoms with Crippen molar-refractivity contribution in [2.24, 2.45) is 0 Å². The van der Waals surface area contributed by atoms with Crippen molar-refractivity contribution in [2.45, 2.75) is 0 Å². The van der Waals surface area contributed by atoms with E-state index in [1.807, 2.05) is 0 Å². The highest BCUT2D eigenvalue weighted by atomic mass is 35.5. The Kier molecular flexibility index (Phi) is 4.64. The topological polar surface area (TPSA) is 96.4 Å². The van der Waals surface area contributed by atoms with Gasteiger partial charge in [0, 0.05) is 17.1 Å². The highest BCUT2D eigenvalue weighted by Gasteiger charge is 2.16. The molecule has 0 fully saturated rings. The number of nitrogens with one attached hydrogen (secondary N) is 2. The van der Waals surface area contributed by atoms with E-state index < -0.39 is 11.7 Å². The maximum Gasteiger partial charge on any atom is 0.278 e. The molecule has 9 heteroatoms. The average Bonchev–Trinajstić information content (AvgIpc) is 2.63. The van der Waals surface area contributed by atoms with Crippen LogP contribution >= 0.6 is 11.6 Å². The largest absolute Gasteiger partial charge is 0.496 e. The number of aromatic nitrogens is 2. The van der Waals surface area contributed by atoms with Crippen LogP contribution in [0, 0.1) is 5.82 Å². The number of methoxy groups -OCH3 is 1. The first-order valence-electron chi connectivity index (χ1n) is 7.02. The van der Waals surface area contributed by atoms with Crippen molar-refractivity contribution >= 4 is 39.9 Å². The summed E-state index contributed by atoms with van der Waals surface area (Å²) >= 11 is 5.78. The predicted octanol–water partition coefficient (Wildman–Crippen LogP) is 3.29. The number of halogens is 2. The van der Waals surface area contributed by atoms with Gasteiger partial charge in [-0.3, -0.25) is 10.0 Å². The first kappa shape index (κ1) is 16.9. The molecule has 1 aromatic heterocycles. The van der Waals surface area contributed by atoms with E-state index in [1.54, 1.807) is 11.5 Å². The quantitative estimate of drug-likeness (QED) is 0.487. The molecular weight excluding hydrogens is 351 g/mol. The summed E-state index contributed by atoms with van der Waals surface area (Å²) in [6.45, 7) is 0. The minimum Gasteiger partial charge on any atom is -0.496 e. The van der Waals surface area contributed by atoms with E-state index >= 15 is 0 Å². The van der Waals surface area contributed by atoms with Crippen LogP contribution < -0.4 is 15.5 Å². The van der Waals surface area contributed by atoms with Crippen LogP contribution in [0.2, 0.25) is 5.02 Å². The standard InChI is InChI=1S/C16H12ClFN4O3/c1-25-14-6-13-9(5-10(14)16(23)22-24)15(20-7-19-13)21-8-2-3-12(18)11(17)4-8/h2-7,24H,1H3,(H,22,23)(H,19,20,21). The first-order valence-corrected chi connectivity index (χ1v) is 7.40. The molecule has 1 amide bonds. The van der Waals surface area contributed by atoms with Gasteiger partial charge in [0.05, 0.1) is 23.2 Å². The molecule has 7 nitrogen and oxygen atoms in total. The molecule has 2 aromatic carbocycles. The van der Waals surface area contributed by atoms with Crippen molar-refractivity contribution in [1.29, 1.82) is 0 Å².